The van der Waals surface area contributed by atoms with Gasteiger partial charge in [-0.25, -0.2) is 0 Å². The lowest BCUT2D eigenvalue weighted by Crippen LogP contribution is -1.80. The second kappa shape index (κ2) is 3.02. The van der Waals surface area contributed by atoms with Crippen molar-refractivity contribution in [1.82, 2.24) is 0 Å². The highest BCUT2D eigenvalue weighted by Crippen LogP contribution is 2.16. The smallest absolute Gasteiger partial charge is 0.150 e. The zero-order valence-electron chi connectivity index (χ0n) is 7.45. The fourth-order valence-electron chi connectivity index (χ4n) is 1.46. The molecular weight excluding hydrogens is 160 g/mol. The van der Waals surface area contributed by atoms with E-state index >= 15 is 0 Å². The first-order valence-electron chi connectivity index (χ1n) is 4.25. The van der Waals surface area contributed by atoms with Crippen LogP contribution in [0.15, 0.2) is 36.4 Å². The predicted octanol–water partition coefficient (Wildman–Crippen LogP) is 2.96. The van der Waals surface area contributed by atoms with Gasteiger partial charge in [-0.15, -0.1) is 0 Å². The molecule has 0 saturated carbocycles. The van der Waals surface area contributed by atoms with Gasteiger partial charge in [-0.05, 0) is 23.8 Å². The topological polar surface area (TPSA) is 17.1 Å². The molecule has 1 nitrogen and oxygen atoms in total. The minimum absolute atomic E-state index is 0.734. The number of carbonyl (C=O) groups excluding carboxylic acids is 1. The van der Waals surface area contributed by atoms with Crippen molar-refractivity contribution in [2.45, 2.75) is 6.92 Å². The average molecular weight is 170 g/mol. The molecule has 0 spiro atoms. The van der Waals surface area contributed by atoms with E-state index in [9.17, 15) is 4.79 Å². The molecule has 0 saturated heterocycles. The second-order valence-corrected chi connectivity index (χ2v) is 3.23. The number of fused-ring (bicyclic) bond motifs is 1. The van der Waals surface area contributed by atoms with Crippen molar-refractivity contribution in [2.75, 3.05) is 0 Å². The molecule has 0 radical (unpaired) electrons. The zero-order chi connectivity index (χ0) is 9.26. The predicted molar refractivity (Wildman–Crippen MR) is 54.1 cm³/mol. The zero-order valence-corrected chi connectivity index (χ0v) is 7.45. The standard InChI is InChI=1S/C12H10O/c1-9-2-4-11-5-3-10(8-13)7-12(11)6-9/h2-8H,1H3. The summed E-state index contributed by atoms with van der Waals surface area (Å²) in [6.45, 7) is 2.05. The van der Waals surface area contributed by atoms with Crippen molar-refractivity contribution in [3.8, 4) is 0 Å². The van der Waals surface area contributed by atoms with E-state index in [1.54, 1.807) is 0 Å². The van der Waals surface area contributed by atoms with Crippen LogP contribution in [0.25, 0.3) is 10.8 Å². The van der Waals surface area contributed by atoms with Gasteiger partial charge in [-0.2, -0.15) is 0 Å². The number of rotatable bonds is 1. The van der Waals surface area contributed by atoms with Crippen LogP contribution in [0.4, 0.5) is 0 Å². The van der Waals surface area contributed by atoms with Crippen molar-refractivity contribution in [3.05, 3.63) is 47.5 Å². The Labute approximate surface area is 77.0 Å². The molecule has 2 aromatic rings. The van der Waals surface area contributed by atoms with E-state index in [4.69, 9.17) is 0 Å². The molecule has 1 heteroatoms. The van der Waals surface area contributed by atoms with Gasteiger partial charge in [0.25, 0.3) is 0 Å². The van der Waals surface area contributed by atoms with Crippen molar-refractivity contribution in [2.24, 2.45) is 0 Å². The first-order chi connectivity index (χ1) is 6.29. The maximum Gasteiger partial charge on any atom is 0.150 e. The van der Waals surface area contributed by atoms with E-state index < -0.39 is 0 Å². The number of benzene rings is 2. The van der Waals surface area contributed by atoms with Crippen LogP contribution in [0.1, 0.15) is 15.9 Å². The fraction of sp³-hybridized carbons (Fsp3) is 0.0833. The van der Waals surface area contributed by atoms with Crippen LogP contribution >= 0.6 is 0 Å². The van der Waals surface area contributed by atoms with Crippen LogP contribution < -0.4 is 0 Å². The molecular formula is C12H10O. The fourth-order valence-corrected chi connectivity index (χ4v) is 1.46. The number of hydrogen-bond donors (Lipinski definition) is 0. The highest BCUT2D eigenvalue weighted by atomic mass is 16.1. The molecule has 0 aliphatic heterocycles. The van der Waals surface area contributed by atoms with E-state index in [1.165, 1.54) is 10.9 Å². The molecule has 0 aliphatic carbocycles. The van der Waals surface area contributed by atoms with Crippen LogP contribution in [-0.2, 0) is 0 Å². The highest BCUT2D eigenvalue weighted by Gasteiger charge is 1.95. The van der Waals surface area contributed by atoms with Crippen LogP contribution in [0, 0.1) is 6.92 Å². The third-order valence-electron chi connectivity index (χ3n) is 2.16. The molecule has 2 rings (SSSR count). The van der Waals surface area contributed by atoms with Crippen molar-refractivity contribution < 1.29 is 4.79 Å². The monoisotopic (exact) mass is 170 g/mol. The summed E-state index contributed by atoms with van der Waals surface area (Å²) in [6, 6.07) is 11.9. The summed E-state index contributed by atoms with van der Waals surface area (Å²) in [5.41, 5.74) is 1.95. The van der Waals surface area contributed by atoms with Gasteiger partial charge in [-0.3, -0.25) is 4.79 Å². The van der Waals surface area contributed by atoms with Gasteiger partial charge >= 0.3 is 0 Å². The van der Waals surface area contributed by atoms with Crippen molar-refractivity contribution in [3.63, 3.8) is 0 Å². The molecule has 0 unspecified atom stereocenters. The lowest BCUT2D eigenvalue weighted by molar-refractivity contribution is 0.112. The largest absolute Gasteiger partial charge is 0.298 e. The summed E-state index contributed by atoms with van der Waals surface area (Å²) in [7, 11) is 0. The minimum atomic E-state index is 0.734. The van der Waals surface area contributed by atoms with Gasteiger partial charge in [0.05, 0.1) is 0 Å². The van der Waals surface area contributed by atoms with Gasteiger partial charge in [0.15, 0.2) is 0 Å². The molecule has 0 amide bonds. The van der Waals surface area contributed by atoms with Crippen molar-refractivity contribution in [1.29, 1.82) is 0 Å². The summed E-state index contributed by atoms with van der Waals surface area (Å²) in [5.74, 6) is 0. The van der Waals surface area contributed by atoms with Gasteiger partial charge in [-0.1, -0.05) is 35.9 Å². The summed E-state index contributed by atoms with van der Waals surface area (Å²) in [4.78, 5) is 10.5. The summed E-state index contributed by atoms with van der Waals surface area (Å²) < 4.78 is 0. The molecule has 0 heterocycles. The number of aldehydes is 1. The molecule has 0 aliphatic rings. The Morgan fingerprint density at radius 1 is 1.00 bits per heavy atom. The Morgan fingerprint density at radius 3 is 2.54 bits per heavy atom. The third-order valence-corrected chi connectivity index (χ3v) is 2.16. The maximum atomic E-state index is 10.5. The normalized spacial score (nSPS) is 10.2. The summed E-state index contributed by atoms with van der Waals surface area (Å²) >= 11 is 0. The third kappa shape index (κ3) is 1.45. The van der Waals surface area contributed by atoms with E-state index in [-0.39, 0.29) is 0 Å². The summed E-state index contributed by atoms with van der Waals surface area (Å²) in [6.07, 6.45) is 0.877. The molecule has 0 aromatic heterocycles. The van der Waals surface area contributed by atoms with Gasteiger partial charge in [0.1, 0.15) is 6.29 Å². The lowest BCUT2D eigenvalue weighted by Gasteiger charge is -1.99. The Kier molecular flexibility index (Phi) is 1.85. The van der Waals surface area contributed by atoms with Crippen LogP contribution in [0.5, 0.6) is 0 Å². The molecule has 0 atom stereocenters. The number of hydrogen-bond acceptors (Lipinski definition) is 1. The van der Waals surface area contributed by atoms with E-state index in [0.29, 0.717) is 0 Å². The highest BCUT2D eigenvalue weighted by molar-refractivity contribution is 5.89. The van der Waals surface area contributed by atoms with Gasteiger partial charge in [0, 0.05) is 5.56 Å². The summed E-state index contributed by atoms with van der Waals surface area (Å²) in [5, 5.41) is 2.31. The minimum Gasteiger partial charge on any atom is -0.298 e. The van der Waals surface area contributed by atoms with Crippen molar-refractivity contribution >= 4 is 17.1 Å². The first kappa shape index (κ1) is 7.99. The van der Waals surface area contributed by atoms with E-state index in [2.05, 4.69) is 18.2 Å². The Morgan fingerprint density at radius 2 is 1.77 bits per heavy atom. The quantitative estimate of drug-likeness (QED) is 0.601. The first-order valence-corrected chi connectivity index (χ1v) is 4.25. The molecule has 0 N–H and O–H groups in total. The Balaban J connectivity index is 2.74. The van der Waals surface area contributed by atoms with Crippen LogP contribution in [0.2, 0.25) is 0 Å². The van der Waals surface area contributed by atoms with E-state index in [0.717, 1.165) is 17.2 Å². The van der Waals surface area contributed by atoms with E-state index in [1.807, 2.05) is 25.1 Å². The lowest BCUT2D eigenvalue weighted by atomic mass is 10.1. The Hall–Kier alpha value is -1.63. The molecule has 2 aromatic carbocycles. The van der Waals surface area contributed by atoms with Gasteiger partial charge in [0.2, 0.25) is 0 Å². The van der Waals surface area contributed by atoms with Crippen LogP contribution in [-0.4, -0.2) is 6.29 Å². The molecule has 13 heavy (non-hydrogen) atoms. The number of carbonyl (C=O) groups is 1. The van der Waals surface area contributed by atoms with Gasteiger partial charge < -0.3 is 0 Å². The second-order valence-electron chi connectivity index (χ2n) is 3.23. The molecule has 0 bridgehead atoms. The molecule has 64 valence electrons. The molecule has 0 fully saturated rings. The van der Waals surface area contributed by atoms with Crippen LogP contribution in [0.3, 0.4) is 0 Å². The maximum absolute atomic E-state index is 10.5. The number of aryl methyl sites for hydroxylation is 1. The Bertz CT molecular complexity index is 458. The SMILES string of the molecule is Cc1ccc2ccc(C=O)cc2c1. The average Bonchev–Trinajstić information content (AvgIpc) is 2.16.